The summed E-state index contributed by atoms with van der Waals surface area (Å²) < 4.78 is 2.43. The number of aromatic nitrogens is 2. The van der Waals surface area contributed by atoms with Gasteiger partial charge in [0.1, 0.15) is 5.82 Å². The predicted molar refractivity (Wildman–Crippen MR) is 92.4 cm³/mol. The fraction of sp³-hybridized carbons (Fsp3) is 0.500. The van der Waals surface area contributed by atoms with E-state index in [1.165, 1.54) is 36.2 Å². The highest BCUT2D eigenvalue weighted by Crippen LogP contribution is 2.28. The molecule has 0 amide bonds. The van der Waals surface area contributed by atoms with E-state index in [0.717, 1.165) is 37.6 Å². The van der Waals surface area contributed by atoms with Crippen molar-refractivity contribution in [3.8, 4) is 0 Å². The third-order valence-electron chi connectivity index (χ3n) is 5.58. The van der Waals surface area contributed by atoms with Crippen molar-refractivity contribution in [2.45, 2.75) is 44.2 Å². The standard InChI is InChI=1S/C18H21N5/c1-2-15(3-1)22-7-6-18-21-16-10-13(14-11-19-20-12-14)4-5-17(16)23(18)9-8-22/h4-5,10-12,14-15H,1-3,6-9H2. The Morgan fingerprint density at radius 1 is 1.00 bits per heavy atom. The summed E-state index contributed by atoms with van der Waals surface area (Å²) in [6, 6.07) is 7.45. The summed E-state index contributed by atoms with van der Waals surface area (Å²) in [4.78, 5) is 7.60. The van der Waals surface area contributed by atoms with Gasteiger partial charge in [0, 0.05) is 44.5 Å². The fourth-order valence-electron chi connectivity index (χ4n) is 3.98. The number of imidazole rings is 1. The number of hydrogen-bond acceptors (Lipinski definition) is 4. The molecule has 5 heteroatoms. The Bertz CT molecular complexity index is 787. The largest absolute Gasteiger partial charge is 0.327 e. The minimum atomic E-state index is 0.204. The molecule has 0 N–H and O–H groups in total. The van der Waals surface area contributed by atoms with Gasteiger partial charge in [0.2, 0.25) is 0 Å². The van der Waals surface area contributed by atoms with Crippen molar-refractivity contribution in [1.82, 2.24) is 14.5 Å². The maximum atomic E-state index is 4.93. The van der Waals surface area contributed by atoms with Crippen LogP contribution in [0.15, 0.2) is 28.4 Å². The van der Waals surface area contributed by atoms with Crippen LogP contribution in [0.3, 0.4) is 0 Å². The van der Waals surface area contributed by atoms with Crippen molar-refractivity contribution in [2.75, 3.05) is 13.1 Å². The summed E-state index contributed by atoms with van der Waals surface area (Å²) in [6.07, 6.45) is 9.02. The van der Waals surface area contributed by atoms with Gasteiger partial charge in [0.05, 0.1) is 17.0 Å². The minimum absolute atomic E-state index is 0.204. The molecule has 3 heterocycles. The molecule has 1 aromatic heterocycles. The summed E-state index contributed by atoms with van der Waals surface area (Å²) in [5.74, 6) is 1.45. The Morgan fingerprint density at radius 3 is 2.65 bits per heavy atom. The lowest BCUT2D eigenvalue weighted by molar-refractivity contribution is 0.130. The van der Waals surface area contributed by atoms with E-state index >= 15 is 0 Å². The van der Waals surface area contributed by atoms with Crippen molar-refractivity contribution in [1.29, 1.82) is 0 Å². The summed E-state index contributed by atoms with van der Waals surface area (Å²) in [5, 5.41) is 7.90. The molecule has 23 heavy (non-hydrogen) atoms. The Balaban J connectivity index is 1.46. The van der Waals surface area contributed by atoms with E-state index < -0.39 is 0 Å². The smallest absolute Gasteiger partial charge is 0.111 e. The number of fused-ring (bicyclic) bond motifs is 3. The lowest BCUT2D eigenvalue weighted by Gasteiger charge is -2.36. The SMILES string of the molecule is C1=NN=CC1c1ccc2c(c1)nc1n2CCN(C2CCC2)CC1. The minimum Gasteiger partial charge on any atom is -0.327 e. The molecule has 0 atom stereocenters. The zero-order chi connectivity index (χ0) is 15.2. The lowest BCUT2D eigenvalue weighted by atomic mass is 9.91. The average molecular weight is 307 g/mol. The van der Waals surface area contributed by atoms with E-state index in [-0.39, 0.29) is 5.92 Å². The molecule has 118 valence electrons. The van der Waals surface area contributed by atoms with Crippen LogP contribution in [0.25, 0.3) is 11.0 Å². The molecule has 3 aliphatic rings. The van der Waals surface area contributed by atoms with Gasteiger partial charge in [-0.05, 0) is 30.5 Å². The average Bonchev–Trinajstić information content (AvgIpc) is 3.11. The summed E-state index contributed by atoms with van der Waals surface area (Å²) in [5.41, 5.74) is 3.61. The van der Waals surface area contributed by atoms with Gasteiger partial charge in [-0.3, -0.25) is 4.90 Å². The van der Waals surface area contributed by atoms with Crippen LogP contribution in [0.4, 0.5) is 0 Å². The van der Waals surface area contributed by atoms with Crippen LogP contribution in [0.2, 0.25) is 0 Å². The zero-order valence-corrected chi connectivity index (χ0v) is 13.2. The number of hydrogen-bond donors (Lipinski definition) is 0. The van der Waals surface area contributed by atoms with Gasteiger partial charge in [-0.2, -0.15) is 10.2 Å². The van der Waals surface area contributed by atoms with E-state index in [4.69, 9.17) is 4.98 Å². The van der Waals surface area contributed by atoms with Gasteiger partial charge < -0.3 is 4.57 Å². The molecule has 0 radical (unpaired) electrons. The molecule has 0 spiro atoms. The Hall–Kier alpha value is -2.01. The van der Waals surface area contributed by atoms with Gasteiger partial charge in [0.25, 0.3) is 0 Å². The predicted octanol–water partition coefficient (Wildman–Crippen LogP) is 2.60. The highest BCUT2D eigenvalue weighted by molar-refractivity contribution is 5.94. The summed E-state index contributed by atoms with van der Waals surface area (Å²) >= 11 is 0. The van der Waals surface area contributed by atoms with Crippen molar-refractivity contribution in [3.63, 3.8) is 0 Å². The van der Waals surface area contributed by atoms with E-state index in [9.17, 15) is 0 Å². The fourth-order valence-corrected chi connectivity index (χ4v) is 3.98. The first-order valence-electron chi connectivity index (χ1n) is 8.68. The first-order valence-corrected chi connectivity index (χ1v) is 8.68. The van der Waals surface area contributed by atoms with Gasteiger partial charge >= 0.3 is 0 Å². The van der Waals surface area contributed by atoms with Crippen LogP contribution < -0.4 is 0 Å². The second kappa shape index (κ2) is 5.27. The topological polar surface area (TPSA) is 45.8 Å². The van der Waals surface area contributed by atoms with Crippen LogP contribution in [0.1, 0.15) is 36.6 Å². The number of nitrogens with zero attached hydrogens (tertiary/aromatic N) is 5. The number of benzene rings is 1. The molecule has 5 rings (SSSR count). The van der Waals surface area contributed by atoms with Crippen LogP contribution in [0.5, 0.6) is 0 Å². The first kappa shape index (κ1) is 13.4. The lowest BCUT2D eigenvalue weighted by Crippen LogP contribution is -2.41. The molecule has 5 nitrogen and oxygen atoms in total. The molecule has 0 saturated heterocycles. The molecule has 1 saturated carbocycles. The first-order chi connectivity index (χ1) is 11.4. The molecule has 1 aromatic carbocycles. The molecule has 2 aliphatic heterocycles. The molecule has 1 fully saturated rings. The maximum absolute atomic E-state index is 4.93. The van der Waals surface area contributed by atoms with Crippen LogP contribution >= 0.6 is 0 Å². The van der Waals surface area contributed by atoms with Crippen molar-refractivity contribution in [2.24, 2.45) is 10.2 Å². The highest BCUT2D eigenvalue weighted by Gasteiger charge is 2.27. The molecule has 0 unspecified atom stereocenters. The maximum Gasteiger partial charge on any atom is 0.111 e. The van der Waals surface area contributed by atoms with Crippen LogP contribution in [-0.2, 0) is 13.0 Å². The second-order valence-electron chi connectivity index (χ2n) is 6.85. The third-order valence-corrected chi connectivity index (χ3v) is 5.58. The van der Waals surface area contributed by atoms with Crippen molar-refractivity contribution >= 4 is 23.5 Å². The summed E-state index contributed by atoms with van der Waals surface area (Å²) in [6.45, 7) is 3.38. The van der Waals surface area contributed by atoms with E-state index in [2.05, 4.69) is 37.9 Å². The quantitative estimate of drug-likeness (QED) is 0.856. The molecule has 1 aliphatic carbocycles. The highest BCUT2D eigenvalue weighted by atomic mass is 15.2. The molecular formula is C18H21N5. The van der Waals surface area contributed by atoms with E-state index in [1.807, 2.05) is 12.4 Å². The molecular weight excluding hydrogens is 286 g/mol. The Morgan fingerprint density at radius 2 is 1.87 bits per heavy atom. The van der Waals surface area contributed by atoms with Crippen molar-refractivity contribution in [3.05, 3.63) is 29.6 Å². The monoisotopic (exact) mass is 307 g/mol. The van der Waals surface area contributed by atoms with Gasteiger partial charge in [-0.1, -0.05) is 12.5 Å². The normalized spacial score (nSPS) is 22.4. The van der Waals surface area contributed by atoms with Gasteiger partial charge in [-0.25, -0.2) is 4.98 Å². The van der Waals surface area contributed by atoms with Gasteiger partial charge in [-0.15, -0.1) is 0 Å². The molecule has 0 bridgehead atoms. The van der Waals surface area contributed by atoms with Crippen LogP contribution in [-0.4, -0.2) is 46.0 Å². The Labute approximate surface area is 135 Å². The van der Waals surface area contributed by atoms with E-state index in [1.54, 1.807) is 0 Å². The van der Waals surface area contributed by atoms with Crippen LogP contribution in [0, 0.1) is 0 Å². The third kappa shape index (κ3) is 2.22. The van der Waals surface area contributed by atoms with E-state index in [0.29, 0.717) is 0 Å². The molecule has 2 aromatic rings. The van der Waals surface area contributed by atoms with Crippen molar-refractivity contribution < 1.29 is 0 Å². The number of rotatable bonds is 2. The zero-order valence-electron chi connectivity index (χ0n) is 13.2. The Kier molecular flexibility index (Phi) is 3.08. The summed E-state index contributed by atoms with van der Waals surface area (Å²) in [7, 11) is 0. The van der Waals surface area contributed by atoms with Gasteiger partial charge in [0.15, 0.2) is 0 Å². The second-order valence-corrected chi connectivity index (χ2v) is 6.85.